The van der Waals surface area contributed by atoms with Crippen LogP contribution < -0.4 is 5.73 Å². The van der Waals surface area contributed by atoms with Crippen LogP contribution in [0.1, 0.15) is 17.4 Å². The van der Waals surface area contributed by atoms with Gasteiger partial charge in [-0.1, -0.05) is 23.8 Å². The fraction of sp³-hybridized carbons (Fsp3) is 0.154. The average molecular weight is 243 g/mol. The third-order valence-electron chi connectivity index (χ3n) is 2.53. The number of rotatable bonds is 3. The Morgan fingerprint density at radius 1 is 1.39 bits per heavy atom. The van der Waals surface area contributed by atoms with Crippen molar-refractivity contribution in [2.45, 2.75) is 13.0 Å². The molecule has 0 saturated carbocycles. The molecule has 0 fully saturated rings. The van der Waals surface area contributed by atoms with Gasteiger partial charge in [0.25, 0.3) is 0 Å². The molecule has 0 aliphatic heterocycles. The third kappa shape index (κ3) is 2.52. The molecule has 0 aliphatic carbocycles. The van der Waals surface area contributed by atoms with Crippen LogP contribution >= 0.6 is 0 Å². The van der Waals surface area contributed by atoms with Gasteiger partial charge in [-0.05, 0) is 19.1 Å². The molecule has 2 rings (SSSR count). The molecule has 0 spiro atoms. The third-order valence-corrected chi connectivity index (χ3v) is 2.53. The molecule has 0 amide bonds. The van der Waals surface area contributed by atoms with E-state index in [4.69, 9.17) is 10.8 Å². The van der Waals surface area contributed by atoms with Gasteiger partial charge in [0, 0.05) is 11.8 Å². The monoisotopic (exact) mass is 243 g/mol. The number of hydrogen-bond acceptors (Lipinski definition) is 4. The molecule has 3 N–H and O–H groups in total. The molecule has 0 radical (unpaired) electrons. The predicted octanol–water partition coefficient (Wildman–Crippen LogP) is 1.54. The van der Waals surface area contributed by atoms with Crippen LogP contribution in [0, 0.1) is 6.92 Å². The molecule has 0 saturated heterocycles. The number of hydrogen-bond donors (Lipinski definition) is 2. The topological polar surface area (TPSA) is 89.1 Å². The minimum absolute atomic E-state index is 0.113. The van der Waals surface area contributed by atoms with Crippen molar-refractivity contribution in [1.82, 2.24) is 9.97 Å². The van der Waals surface area contributed by atoms with Gasteiger partial charge >= 0.3 is 5.97 Å². The zero-order valence-corrected chi connectivity index (χ0v) is 9.87. The first kappa shape index (κ1) is 12.2. The maximum atomic E-state index is 10.8. The fourth-order valence-electron chi connectivity index (χ4n) is 1.60. The maximum Gasteiger partial charge on any atom is 0.328 e. The standard InChI is InChI=1S/C13H13N3O2/c1-8-3-2-4-9(7-8)10-5-6-15-12(16-10)11(14)13(17)18/h2-7,11H,14H2,1H3,(H,17,18). The van der Waals surface area contributed by atoms with E-state index in [-0.39, 0.29) is 5.82 Å². The van der Waals surface area contributed by atoms with Crippen molar-refractivity contribution in [3.63, 3.8) is 0 Å². The van der Waals surface area contributed by atoms with Gasteiger partial charge < -0.3 is 10.8 Å². The van der Waals surface area contributed by atoms with E-state index in [2.05, 4.69) is 9.97 Å². The molecule has 0 aliphatic rings. The second kappa shape index (κ2) is 4.93. The van der Waals surface area contributed by atoms with E-state index in [1.807, 2.05) is 31.2 Å². The molecular weight excluding hydrogens is 230 g/mol. The molecule has 1 unspecified atom stereocenters. The summed E-state index contributed by atoms with van der Waals surface area (Å²) in [6.07, 6.45) is 1.52. The Bertz CT molecular complexity index is 584. The Hall–Kier alpha value is -2.27. The lowest BCUT2D eigenvalue weighted by molar-refractivity contribution is -0.138. The number of carboxylic acid groups (broad SMARTS) is 1. The molecule has 1 atom stereocenters. The maximum absolute atomic E-state index is 10.8. The highest BCUT2D eigenvalue weighted by atomic mass is 16.4. The van der Waals surface area contributed by atoms with Crippen LogP contribution in [0.25, 0.3) is 11.3 Å². The van der Waals surface area contributed by atoms with Crippen molar-refractivity contribution in [3.8, 4) is 11.3 Å². The normalized spacial score (nSPS) is 12.1. The summed E-state index contributed by atoms with van der Waals surface area (Å²) in [5.74, 6) is -1.03. The molecule has 5 heteroatoms. The summed E-state index contributed by atoms with van der Waals surface area (Å²) in [5, 5.41) is 8.84. The summed E-state index contributed by atoms with van der Waals surface area (Å²) >= 11 is 0. The van der Waals surface area contributed by atoms with Crippen LogP contribution in [-0.2, 0) is 4.79 Å². The Morgan fingerprint density at radius 3 is 2.83 bits per heavy atom. The smallest absolute Gasteiger partial charge is 0.328 e. The highest BCUT2D eigenvalue weighted by Gasteiger charge is 2.17. The van der Waals surface area contributed by atoms with Crippen molar-refractivity contribution in [2.75, 3.05) is 0 Å². The van der Waals surface area contributed by atoms with Gasteiger partial charge in [0.05, 0.1) is 5.69 Å². The van der Waals surface area contributed by atoms with Gasteiger partial charge in [-0.25, -0.2) is 9.97 Å². The van der Waals surface area contributed by atoms with Gasteiger partial charge in [0.2, 0.25) is 0 Å². The summed E-state index contributed by atoms with van der Waals surface area (Å²) < 4.78 is 0. The van der Waals surface area contributed by atoms with E-state index in [1.165, 1.54) is 6.20 Å². The molecule has 5 nitrogen and oxygen atoms in total. The van der Waals surface area contributed by atoms with Gasteiger partial charge in [0.15, 0.2) is 11.9 Å². The number of nitrogens with zero attached hydrogens (tertiary/aromatic N) is 2. The van der Waals surface area contributed by atoms with E-state index in [9.17, 15) is 4.79 Å². The second-order valence-corrected chi connectivity index (χ2v) is 3.99. The number of nitrogens with two attached hydrogens (primary N) is 1. The summed E-state index contributed by atoms with van der Waals surface area (Å²) in [6.45, 7) is 1.98. The van der Waals surface area contributed by atoms with Crippen molar-refractivity contribution < 1.29 is 9.90 Å². The van der Waals surface area contributed by atoms with Crippen molar-refractivity contribution >= 4 is 5.97 Å². The van der Waals surface area contributed by atoms with E-state index < -0.39 is 12.0 Å². The second-order valence-electron chi connectivity index (χ2n) is 3.99. The lowest BCUT2D eigenvalue weighted by Gasteiger charge is -2.07. The minimum atomic E-state index is -1.20. The van der Waals surface area contributed by atoms with Crippen LogP contribution in [0.2, 0.25) is 0 Å². The number of aliphatic carboxylic acids is 1. The van der Waals surface area contributed by atoms with Gasteiger partial charge in [-0.2, -0.15) is 0 Å². The lowest BCUT2D eigenvalue weighted by atomic mass is 10.1. The molecule has 1 heterocycles. The van der Waals surface area contributed by atoms with Crippen LogP contribution in [0.5, 0.6) is 0 Å². The minimum Gasteiger partial charge on any atom is -0.480 e. The molecular formula is C13H13N3O2. The fourth-order valence-corrected chi connectivity index (χ4v) is 1.60. The Labute approximate surface area is 104 Å². The first-order chi connectivity index (χ1) is 8.58. The van der Waals surface area contributed by atoms with Crippen LogP contribution in [0.15, 0.2) is 36.5 Å². The van der Waals surface area contributed by atoms with Crippen LogP contribution in [-0.4, -0.2) is 21.0 Å². The first-order valence-corrected chi connectivity index (χ1v) is 5.46. The van der Waals surface area contributed by atoms with E-state index in [1.54, 1.807) is 6.07 Å². The number of benzene rings is 1. The number of aryl methyl sites for hydroxylation is 1. The molecule has 18 heavy (non-hydrogen) atoms. The molecule has 2 aromatic rings. The summed E-state index contributed by atoms with van der Waals surface area (Å²) in [5.41, 5.74) is 8.18. The Kier molecular flexibility index (Phi) is 3.34. The number of carboxylic acids is 1. The average Bonchev–Trinajstić information content (AvgIpc) is 2.38. The van der Waals surface area contributed by atoms with Gasteiger partial charge in [-0.15, -0.1) is 0 Å². The van der Waals surface area contributed by atoms with Crippen LogP contribution in [0.3, 0.4) is 0 Å². The van der Waals surface area contributed by atoms with E-state index in [0.29, 0.717) is 5.69 Å². The molecule has 92 valence electrons. The predicted molar refractivity (Wildman–Crippen MR) is 66.8 cm³/mol. The lowest BCUT2D eigenvalue weighted by Crippen LogP contribution is -2.23. The van der Waals surface area contributed by atoms with E-state index in [0.717, 1.165) is 11.1 Å². The SMILES string of the molecule is Cc1cccc(-c2ccnc(C(N)C(=O)O)n2)c1. The van der Waals surface area contributed by atoms with Gasteiger partial charge in [-0.3, -0.25) is 4.79 Å². The highest BCUT2D eigenvalue weighted by molar-refractivity contribution is 5.74. The first-order valence-electron chi connectivity index (χ1n) is 5.46. The number of aromatic nitrogens is 2. The Balaban J connectivity index is 2.41. The van der Waals surface area contributed by atoms with Crippen LogP contribution in [0.4, 0.5) is 0 Å². The molecule has 1 aromatic heterocycles. The molecule has 0 bridgehead atoms. The zero-order chi connectivity index (χ0) is 13.1. The van der Waals surface area contributed by atoms with E-state index >= 15 is 0 Å². The zero-order valence-electron chi connectivity index (χ0n) is 9.87. The Morgan fingerprint density at radius 2 is 2.17 bits per heavy atom. The largest absolute Gasteiger partial charge is 0.480 e. The van der Waals surface area contributed by atoms with Crippen molar-refractivity contribution in [2.24, 2.45) is 5.73 Å². The van der Waals surface area contributed by atoms with Crippen molar-refractivity contribution in [1.29, 1.82) is 0 Å². The quantitative estimate of drug-likeness (QED) is 0.853. The summed E-state index contributed by atoms with van der Waals surface area (Å²) in [7, 11) is 0. The number of carbonyl (C=O) groups is 1. The summed E-state index contributed by atoms with van der Waals surface area (Å²) in [4.78, 5) is 18.9. The summed E-state index contributed by atoms with van der Waals surface area (Å²) in [6, 6.07) is 8.31. The molecule has 1 aromatic carbocycles. The van der Waals surface area contributed by atoms with Gasteiger partial charge in [0.1, 0.15) is 0 Å². The highest BCUT2D eigenvalue weighted by Crippen LogP contribution is 2.18. The van der Waals surface area contributed by atoms with Crippen molar-refractivity contribution in [3.05, 3.63) is 47.9 Å².